The minimum Gasteiger partial charge on any atom is -0.461 e. The van der Waals surface area contributed by atoms with Crippen LogP contribution in [0, 0.1) is 12.3 Å². The third kappa shape index (κ3) is 6.27. The summed E-state index contributed by atoms with van der Waals surface area (Å²) in [5.41, 5.74) is -0.579. The first kappa shape index (κ1) is 25.3. The molecule has 0 radical (unpaired) electrons. The fourth-order valence-corrected chi connectivity index (χ4v) is 3.79. The Kier molecular flexibility index (Phi) is 8.24. The van der Waals surface area contributed by atoms with Gasteiger partial charge in [-0.05, 0) is 70.3 Å². The highest BCUT2D eigenvalue weighted by atomic mass is 79.9. The van der Waals surface area contributed by atoms with Crippen molar-refractivity contribution in [1.82, 2.24) is 15.3 Å². The van der Waals surface area contributed by atoms with E-state index in [2.05, 4.69) is 31.2 Å². The Morgan fingerprint density at radius 1 is 1.29 bits per heavy atom. The highest BCUT2D eigenvalue weighted by Gasteiger charge is 2.42. The van der Waals surface area contributed by atoms with Crippen molar-refractivity contribution in [1.29, 1.82) is 0 Å². The predicted molar refractivity (Wildman–Crippen MR) is 119 cm³/mol. The van der Waals surface area contributed by atoms with Crippen LogP contribution in [-0.2, 0) is 9.47 Å². The fourth-order valence-electron chi connectivity index (χ4n) is 3.53. The van der Waals surface area contributed by atoms with Gasteiger partial charge in [-0.1, -0.05) is 0 Å². The number of carbonyl (C=O) groups is 2. The van der Waals surface area contributed by atoms with Gasteiger partial charge in [0.2, 0.25) is 0 Å². The average Bonchev–Trinajstić information content (AvgIpc) is 2.68. The zero-order chi connectivity index (χ0) is 23.4. The van der Waals surface area contributed by atoms with Gasteiger partial charge < -0.3 is 19.7 Å². The van der Waals surface area contributed by atoms with Crippen molar-refractivity contribution in [2.45, 2.75) is 66.0 Å². The molecule has 1 aliphatic heterocycles. The molecule has 1 aliphatic rings. The molecule has 1 atom stereocenters. The summed E-state index contributed by atoms with van der Waals surface area (Å²) in [4.78, 5) is 35.4. The van der Waals surface area contributed by atoms with Gasteiger partial charge in [0.25, 0.3) is 0 Å². The van der Waals surface area contributed by atoms with Gasteiger partial charge in [0.05, 0.1) is 19.0 Å². The van der Waals surface area contributed by atoms with E-state index in [-0.39, 0.29) is 12.3 Å². The second kappa shape index (κ2) is 10.1. The van der Waals surface area contributed by atoms with E-state index in [1.807, 2.05) is 4.90 Å². The molecule has 1 aromatic heterocycles. The van der Waals surface area contributed by atoms with Crippen molar-refractivity contribution in [3.8, 4) is 0 Å². The summed E-state index contributed by atoms with van der Waals surface area (Å²) in [7, 11) is 0. The Morgan fingerprint density at radius 2 is 1.90 bits per heavy atom. The molecule has 0 spiro atoms. The summed E-state index contributed by atoms with van der Waals surface area (Å²) >= 11 is 3.31. The largest absolute Gasteiger partial charge is 0.461 e. The third-order valence-corrected chi connectivity index (χ3v) is 6.19. The number of alkyl carbamates (subject to hydrolysis) is 1. The Labute approximate surface area is 191 Å². The molecule has 1 N–H and O–H groups in total. The predicted octanol–water partition coefficient (Wildman–Crippen LogP) is 4.19. The van der Waals surface area contributed by atoms with E-state index in [4.69, 9.17) is 9.47 Å². The maximum atomic E-state index is 14.2. The Morgan fingerprint density at radius 3 is 2.42 bits per heavy atom. The van der Waals surface area contributed by atoms with Crippen LogP contribution >= 0.6 is 15.9 Å². The van der Waals surface area contributed by atoms with E-state index >= 15 is 0 Å². The first-order valence-electron chi connectivity index (χ1n) is 10.4. The molecule has 1 unspecified atom stereocenters. The van der Waals surface area contributed by atoms with Crippen molar-refractivity contribution in [2.75, 3.05) is 31.3 Å². The van der Waals surface area contributed by atoms with E-state index in [0.29, 0.717) is 42.0 Å². The van der Waals surface area contributed by atoms with Gasteiger partial charge in [0.15, 0.2) is 11.5 Å². The lowest BCUT2D eigenvalue weighted by molar-refractivity contribution is 0.0390. The molecule has 1 aromatic rings. The summed E-state index contributed by atoms with van der Waals surface area (Å²) in [5.74, 6) is -0.118. The molecule has 31 heavy (non-hydrogen) atoms. The Hall–Kier alpha value is -1.97. The zero-order valence-corrected chi connectivity index (χ0v) is 20.6. The third-order valence-electron chi connectivity index (χ3n) is 5.44. The van der Waals surface area contributed by atoms with Crippen LogP contribution in [0.25, 0.3) is 0 Å². The number of alkyl halides is 1. The molecule has 0 bridgehead atoms. The molecule has 2 rings (SSSR count). The quantitative estimate of drug-likeness (QED) is 0.582. The fraction of sp³-hybridized carbons (Fsp3) is 0.714. The van der Waals surface area contributed by atoms with Gasteiger partial charge in [-0.25, -0.2) is 19.6 Å². The molecule has 1 fully saturated rings. The number of amides is 1. The number of hydrogen-bond donors (Lipinski definition) is 1. The lowest BCUT2D eigenvalue weighted by Gasteiger charge is -2.44. The van der Waals surface area contributed by atoms with Crippen LogP contribution in [0.5, 0.6) is 0 Å². The molecule has 10 heteroatoms. The van der Waals surface area contributed by atoms with Crippen LogP contribution < -0.4 is 10.2 Å². The Balaban J connectivity index is 2.17. The molecule has 1 amide bonds. The zero-order valence-electron chi connectivity index (χ0n) is 19.1. The number of anilines is 1. The number of halogens is 2. The number of aryl methyl sites for hydroxylation is 1. The number of ether oxygens (including phenoxy) is 2. The number of carbonyl (C=O) groups excluding carboxylic acids is 2. The number of esters is 1. The number of nitrogens with one attached hydrogen (secondary N) is 1. The SMILES string of the molecule is CCOC(=O)c1nc(Br)c(C)nc1N1CCC(CF)(C(C)NC(=O)OC(C)(C)C)CC1. The summed E-state index contributed by atoms with van der Waals surface area (Å²) in [6, 6.07) is -0.420. The maximum absolute atomic E-state index is 14.2. The normalized spacial score (nSPS) is 17.1. The molecular formula is C21H32BrFN4O4. The van der Waals surface area contributed by atoms with E-state index < -0.39 is 35.8 Å². The average molecular weight is 503 g/mol. The first-order valence-corrected chi connectivity index (χ1v) is 11.2. The number of hydrogen-bond acceptors (Lipinski definition) is 7. The van der Waals surface area contributed by atoms with E-state index in [1.54, 1.807) is 41.5 Å². The van der Waals surface area contributed by atoms with E-state index in [9.17, 15) is 14.0 Å². The van der Waals surface area contributed by atoms with E-state index in [0.717, 1.165) is 0 Å². The van der Waals surface area contributed by atoms with Crippen molar-refractivity contribution >= 4 is 33.8 Å². The summed E-state index contributed by atoms with van der Waals surface area (Å²) in [6.45, 7) is 11.2. The van der Waals surface area contributed by atoms with Gasteiger partial charge in [0, 0.05) is 24.5 Å². The molecule has 8 nitrogen and oxygen atoms in total. The Bertz CT molecular complexity index is 807. The number of aromatic nitrogens is 2. The molecule has 174 valence electrons. The molecule has 0 saturated carbocycles. The summed E-state index contributed by atoms with van der Waals surface area (Å²) < 4.78 is 25.1. The van der Waals surface area contributed by atoms with Gasteiger partial charge in [-0.3, -0.25) is 4.39 Å². The van der Waals surface area contributed by atoms with Crippen molar-refractivity contribution in [3.05, 3.63) is 16.0 Å². The van der Waals surface area contributed by atoms with Crippen molar-refractivity contribution in [3.63, 3.8) is 0 Å². The van der Waals surface area contributed by atoms with Crippen LogP contribution in [0.2, 0.25) is 0 Å². The minimum atomic E-state index is -0.727. The van der Waals surface area contributed by atoms with Crippen molar-refractivity contribution < 1.29 is 23.5 Å². The van der Waals surface area contributed by atoms with Crippen LogP contribution in [-0.4, -0.2) is 60.0 Å². The molecule has 0 aliphatic carbocycles. The highest BCUT2D eigenvalue weighted by molar-refractivity contribution is 9.10. The van der Waals surface area contributed by atoms with Crippen LogP contribution in [0.3, 0.4) is 0 Å². The smallest absolute Gasteiger partial charge is 0.407 e. The van der Waals surface area contributed by atoms with E-state index in [1.165, 1.54) is 0 Å². The highest BCUT2D eigenvalue weighted by Crippen LogP contribution is 2.38. The lowest BCUT2D eigenvalue weighted by Crippen LogP contribution is -2.54. The second-order valence-corrected chi connectivity index (χ2v) is 9.59. The minimum absolute atomic E-state index is 0.131. The molecule has 2 heterocycles. The van der Waals surface area contributed by atoms with Gasteiger partial charge in [-0.2, -0.15) is 0 Å². The van der Waals surface area contributed by atoms with Crippen LogP contribution in [0.15, 0.2) is 4.60 Å². The lowest BCUT2D eigenvalue weighted by atomic mass is 9.74. The standard InChI is InChI=1S/C21H32BrFN4O4/c1-7-30-18(28)15-17(24-13(2)16(22)26-15)27-10-8-21(12-23,9-11-27)14(3)25-19(29)31-20(4,5)6/h14H,7-12H2,1-6H3,(H,25,29). The maximum Gasteiger partial charge on any atom is 0.407 e. The van der Waals surface area contributed by atoms with Crippen LogP contribution in [0.1, 0.15) is 63.6 Å². The summed E-state index contributed by atoms with van der Waals surface area (Å²) in [6.07, 6.45) is 0.383. The molecule has 0 aromatic carbocycles. The van der Waals surface area contributed by atoms with Crippen molar-refractivity contribution in [2.24, 2.45) is 5.41 Å². The van der Waals surface area contributed by atoms with Crippen LogP contribution in [0.4, 0.5) is 15.0 Å². The first-order chi connectivity index (χ1) is 14.4. The number of piperidine rings is 1. The number of rotatable bonds is 6. The second-order valence-electron chi connectivity index (χ2n) is 8.84. The summed E-state index contributed by atoms with van der Waals surface area (Å²) in [5, 5.41) is 2.79. The van der Waals surface area contributed by atoms with Gasteiger partial charge in [0.1, 0.15) is 10.2 Å². The topological polar surface area (TPSA) is 93.6 Å². The molecule has 1 saturated heterocycles. The molecular weight excluding hydrogens is 471 g/mol. The van der Waals surface area contributed by atoms with Gasteiger partial charge in [-0.15, -0.1) is 0 Å². The van der Waals surface area contributed by atoms with Gasteiger partial charge >= 0.3 is 12.1 Å². The monoisotopic (exact) mass is 502 g/mol. The number of nitrogens with zero attached hydrogens (tertiary/aromatic N) is 3.